The summed E-state index contributed by atoms with van der Waals surface area (Å²) < 4.78 is 13.8. The van der Waals surface area contributed by atoms with Crippen molar-refractivity contribution in [1.82, 2.24) is 20.0 Å². The van der Waals surface area contributed by atoms with Crippen molar-refractivity contribution in [3.8, 4) is 0 Å². The highest BCUT2D eigenvalue weighted by Gasteiger charge is 2.35. The topological polar surface area (TPSA) is 55.9 Å². The molecule has 50 heavy (non-hydrogen) atoms. The number of amides is 2. The molecule has 4 aliphatic rings. The summed E-state index contributed by atoms with van der Waals surface area (Å²) in [5.41, 5.74) is 7.22. The molecule has 0 fully saturated rings. The minimum atomic E-state index is -0.290. The van der Waals surface area contributed by atoms with Crippen LogP contribution < -0.4 is 5.32 Å². The summed E-state index contributed by atoms with van der Waals surface area (Å²) in [4.78, 5) is 34.8. The maximum atomic E-state index is 13.8. The maximum Gasteiger partial charge on any atom is 0.256 e. The van der Waals surface area contributed by atoms with E-state index < -0.39 is 0 Å². The molecule has 6 nitrogen and oxygen atoms in total. The van der Waals surface area contributed by atoms with Crippen LogP contribution in [0.5, 0.6) is 0 Å². The fraction of sp³-hybridized carbons (Fsp3) is 0.171. The van der Waals surface area contributed by atoms with Crippen LogP contribution >= 0.6 is 22.7 Å². The molecule has 1 N–H and O–H groups in total. The first-order chi connectivity index (χ1) is 24.3. The number of fused-ring (bicyclic) bond motifs is 2. The zero-order chi connectivity index (χ0) is 34.8. The van der Waals surface area contributed by atoms with Crippen LogP contribution in [0.4, 0.5) is 4.39 Å². The second kappa shape index (κ2) is 14.3. The zero-order valence-corrected chi connectivity index (χ0v) is 29.4. The number of hydrogen-bond donors (Lipinski definition) is 1. The number of thiophene rings is 2. The number of rotatable bonds is 4. The molecule has 0 radical (unpaired) electrons. The number of nitrogens with zero attached hydrogens (tertiary/aromatic N) is 3. The molecule has 6 heterocycles. The second-order valence-corrected chi connectivity index (χ2v) is 14.5. The van der Waals surface area contributed by atoms with Crippen LogP contribution in [0, 0.1) is 5.82 Å². The highest BCUT2D eigenvalue weighted by Crippen LogP contribution is 2.40. The fourth-order valence-corrected chi connectivity index (χ4v) is 8.60. The number of benzene rings is 2. The molecule has 4 aromatic rings. The van der Waals surface area contributed by atoms with Crippen LogP contribution in [-0.4, -0.2) is 46.7 Å². The van der Waals surface area contributed by atoms with Gasteiger partial charge in [0.25, 0.3) is 11.8 Å². The summed E-state index contributed by atoms with van der Waals surface area (Å²) in [5.74, 6) is -0.286. The zero-order valence-electron chi connectivity index (χ0n) is 27.7. The van der Waals surface area contributed by atoms with Gasteiger partial charge < -0.3 is 20.0 Å². The number of allylic oxidation sites excluding steroid dienone is 2. The molecule has 2 amide bonds. The first-order valence-electron chi connectivity index (χ1n) is 16.5. The molecule has 2 atom stereocenters. The van der Waals surface area contributed by atoms with E-state index in [9.17, 15) is 14.0 Å². The molecule has 0 spiro atoms. The summed E-state index contributed by atoms with van der Waals surface area (Å²) in [6, 6.07) is 20.7. The van der Waals surface area contributed by atoms with Gasteiger partial charge in [0.1, 0.15) is 5.82 Å². The number of halogens is 1. The third-order valence-corrected chi connectivity index (χ3v) is 11.3. The first-order valence-corrected chi connectivity index (χ1v) is 18.2. The number of carbonyl (C=O) groups excluding carboxylic acids is 2. The van der Waals surface area contributed by atoms with Gasteiger partial charge in [-0.05, 0) is 94.4 Å². The van der Waals surface area contributed by atoms with Gasteiger partial charge in [0.05, 0.1) is 23.2 Å². The lowest BCUT2D eigenvalue weighted by Gasteiger charge is -2.37. The molecule has 8 rings (SSSR count). The van der Waals surface area contributed by atoms with Crippen molar-refractivity contribution in [3.63, 3.8) is 0 Å². The summed E-state index contributed by atoms with van der Waals surface area (Å²) in [7, 11) is 1.92. The van der Waals surface area contributed by atoms with E-state index in [0.29, 0.717) is 17.7 Å². The Bertz CT molecular complexity index is 2090. The van der Waals surface area contributed by atoms with Gasteiger partial charge in [0.2, 0.25) is 0 Å². The van der Waals surface area contributed by atoms with Gasteiger partial charge in [-0.3, -0.25) is 9.59 Å². The Morgan fingerprint density at radius 2 is 1.36 bits per heavy atom. The number of dihydropyridines is 1. The molecular formula is C41H37FN4O2S2. The summed E-state index contributed by atoms with van der Waals surface area (Å²) >= 11 is 3.48. The van der Waals surface area contributed by atoms with Crippen molar-refractivity contribution in [2.45, 2.75) is 24.9 Å². The minimum absolute atomic E-state index is 0.0200. The Balaban J connectivity index is 0.000000157. The number of carbonyl (C=O) groups is 2. The van der Waals surface area contributed by atoms with Crippen molar-refractivity contribution in [2.24, 2.45) is 0 Å². The van der Waals surface area contributed by atoms with Gasteiger partial charge in [0.15, 0.2) is 0 Å². The second-order valence-electron chi connectivity index (χ2n) is 12.5. The average Bonchev–Trinajstić information content (AvgIpc) is 3.82. The SMILES string of the molecule is C=C1C=CC(C(=O)N2CCc3sccc3C2c2cccc(F)c2)=CN1.C=C1C=CC(C(=O)N2CCc3sccc3C2c2ccccc2)=CN1C. The van der Waals surface area contributed by atoms with E-state index in [1.54, 1.807) is 47.1 Å². The quantitative estimate of drug-likeness (QED) is 0.234. The van der Waals surface area contributed by atoms with E-state index in [-0.39, 0.29) is 29.7 Å². The maximum absolute atomic E-state index is 13.8. The Morgan fingerprint density at radius 3 is 1.96 bits per heavy atom. The largest absolute Gasteiger partial charge is 0.361 e. The molecule has 2 aromatic heterocycles. The standard InChI is InChI=1S/C21H20N2OS.C20H17FN2OS/c1-15-8-9-17(14-22(15)2)21(24)23-12-10-19-18(11-13-25-19)20(23)16-6-4-3-5-7-16;1-13-5-6-15(12-22-13)20(24)23-9-7-18-17(8-10-25-18)19(23)14-3-2-4-16(21)11-14/h3-9,11,13-14,20H,1,10,12H2,2H3;2-6,8,10-12,19,22H,1,7,9H2. The fourth-order valence-electron chi connectivity index (χ4n) is 6.79. The van der Waals surface area contributed by atoms with Crippen molar-refractivity contribution in [3.05, 3.63) is 188 Å². The van der Waals surface area contributed by atoms with Crippen LogP contribution in [0.25, 0.3) is 0 Å². The summed E-state index contributed by atoms with van der Waals surface area (Å²) in [5, 5.41) is 7.15. The normalized spacial score (nSPS) is 19.4. The third kappa shape index (κ3) is 6.66. The van der Waals surface area contributed by atoms with Crippen LogP contribution in [0.15, 0.2) is 150 Å². The van der Waals surface area contributed by atoms with Gasteiger partial charge in [-0.15, -0.1) is 22.7 Å². The van der Waals surface area contributed by atoms with E-state index in [2.05, 4.69) is 42.1 Å². The van der Waals surface area contributed by atoms with Gasteiger partial charge in [-0.1, -0.05) is 55.6 Å². The highest BCUT2D eigenvalue weighted by molar-refractivity contribution is 7.10. The molecule has 0 saturated carbocycles. The van der Waals surface area contributed by atoms with Crippen LogP contribution in [0.2, 0.25) is 0 Å². The lowest BCUT2D eigenvalue weighted by molar-refractivity contribution is -0.129. The number of nitrogens with one attached hydrogen (secondary N) is 1. The molecule has 2 aromatic carbocycles. The molecule has 0 aliphatic carbocycles. The summed E-state index contributed by atoms with van der Waals surface area (Å²) in [6.45, 7) is 9.11. The predicted octanol–water partition coefficient (Wildman–Crippen LogP) is 8.04. The molecule has 0 saturated heterocycles. The minimum Gasteiger partial charge on any atom is -0.361 e. The molecule has 252 valence electrons. The van der Waals surface area contributed by atoms with Crippen LogP contribution in [0.1, 0.15) is 44.1 Å². The van der Waals surface area contributed by atoms with Crippen LogP contribution in [0.3, 0.4) is 0 Å². The lowest BCUT2D eigenvalue weighted by atomic mass is 9.92. The van der Waals surface area contributed by atoms with E-state index in [0.717, 1.165) is 47.5 Å². The van der Waals surface area contributed by atoms with Crippen molar-refractivity contribution in [1.29, 1.82) is 0 Å². The third-order valence-electron chi connectivity index (χ3n) is 9.35. The van der Waals surface area contributed by atoms with E-state index in [4.69, 9.17) is 0 Å². The Hall–Kier alpha value is -5.25. The van der Waals surface area contributed by atoms with Gasteiger partial charge >= 0.3 is 0 Å². The number of likely N-dealkylation sites (N-methyl/N-ethyl adjacent to an activating group) is 1. The Labute approximate surface area is 300 Å². The molecule has 2 unspecified atom stereocenters. The molecule has 4 aliphatic heterocycles. The van der Waals surface area contributed by atoms with E-state index >= 15 is 0 Å². The van der Waals surface area contributed by atoms with Crippen molar-refractivity contribution < 1.29 is 14.0 Å². The van der Waals surface area contributed by atoms with Crippen molar-refractivity contribution >= 4 is 34.5 Å². The molecule has 9 heteroatoms. The van der Waals surface area contributed by atoms with Gasteiger partial charge in [-0.25, -0.2) is 4.39 Å². The van der Waals surface area contributed by atoms with Gasteiger partial charge in [-0.2, -0.15) is 0 Å². The van der Waals surface area contributed by atoms with Crippen molar-refractivity contribution in [2.75, 3.05) is 20.1 Å². The molecule has 0 bridgehead atoms. The Kier molecular flexibility index (Phi) is 9.52. The average molecular weight is 701 g/mol. The molecular weight excluding hydrogens is 664 g/mol. The predicted molar refractivity (Wildman–Crippen MR) is 200 cm³/mol. The van der Waals surface area contributed by atoms with Gasteiger partial charge in [0, 0.05) is 53.7 Å². The highest BCUT2D eigenvalue weighted by atomic mass is 32.1. The number of hydrogen-bond acceptors (Lipinski definition) is 6. The first kappa shape index (κ1) is 33.3. The monoisotopic (exact) mass is 700 g/mol. The summed E-state index contributed by atoms with van der Waals surface area (Å²) in [6.07, 6.45) is 12.6. The smallest absolute Gasteiger partial charge is 0.256 e. The van der Waals surface area contributed by atoms with Crippen LogP contribution in [-0.2, 0) is 22.4 Å². The lowest BCUT2D eigenvalue weighted by Crippen LogP contribution is -2.41. The Morgan fingerprint density at radius 1 is 0.760 bits per heavy atom. The van der Waals surface area contributed by atoms with E-state index in [1.807, 2.05) is 75.8 Å². The van der Waals surface area contributed by atoms with E-state index in [1.165, 1.54) is 27.5 Å².